The number of ether oxygens (including phenoxy) is 1. The summed E-state index contributed by atoms with van der Waals surface area (Å²) in [6.07, 6.45) is -2.37. The number of anilines is 1. The summed E-state index contributed by atoms with van der Waals surface area (Å²) >= 11 is 0. The van der Waals surface area contributed by atoms with Crippen LogP contribution >= 0.6 is 0 Å². The predicted molar refractivity (Wildman–Crippen MR) is 156 cm³/mol. The van der Waals surface area contributed by atoms with Crippen LogP contribution in [-0.4, -0.2) is 81.9 Å². The van der Waals surface area contributed by atoms with E-state index in [0.29, 0.717) is 36.7 Å². The third-order valence-electron chi connectivity index (χ3n) is 8.84. The van der Waals surface area contributed by atoms with Gasteiger partial charge in [-0.15, -0.1) is 10.2 Å². The number of aromatic nitrogens is 8. The summed E-state index contributed by atoms with van der Waals surface area (Å²) in [7, 11) is 0. The lowest BCUT2D eigenvalue weighted by molar-refractivity contribution is -0.138. The first kappa shape index (κ1) is 31.2. The van der Waals surface area contributed by atoms with E-state index in [-0.39, 0.29) is 29.6 Å². The number of rotatable bonds is 6. The molecule has 0 aliphatic carbocycles. The van der Waals surface area contributed by atoms with Crippen molar-refractivity contribution in [3.05, 3.63) is 71.8 Å². The van der Waals surface area contributed by atoms with Crippen LogP contribution in [0.2, 0.25) is 0 Å². The van der Waals surface area contributed by atoms with Gasteiger partial charge in [-0.3, -0.25) is 14.9 Å². The molecule has 17 heteroatoms. The summed E-state index contributed by atoms with van der Waals surface area (Å²) < 4.78 is 89.8. The first-order valence-electron chi connectivity index (χ1n) is 15.1. The topological polar surface area (TPSA) is 102 Å². The lowest BCUT2D eigenvalue weighted by Crippen LogP contribution is -2.58. The standard InChI is InChI=1S/C30H30F6N10O/c1-17-13-45(26-24-27(46-16-40-42-28(46)41-26)43(15-39-24)14-21-4-3-9-47-21)18(2)12-44(17)25(22-7-5-19(10-37-22)29(31,32)33)23-8-6-20(11-38-23)30(34,35)36/h5-8,10-11,15-18,21,25H,3-4,9,12-14H2,1-2H3/t17-,18+,21+/m1/s1. The van der Waals surface area contributed by atoms with Gasteiger partial charge in [0.15, 0.2) is 11.5 Å². The fraction of sp³-hybridized carbons (Fsp3) is 0.467. The molecule has 2 aliphatic heterocycles. The molecule has 0 spiro atoms. The second-order valence-corrected chi connectivity index (χ2v) is 12.0. The lowest BCUT2D eigenvalue weighted by Gasteiger charge is -2.47. The normalized spacial score (nSPS) is 21.5. The summed E-state index contributed by atoms with van der Waals surface area (Å²) in [5, 5.41) is 8.27. The number of imidazole rings is 1. The Labute approximate surface area is 264 Å². The number of alkyl halides is 6. The molecule has 5 aromatic heterocycles. The summed E-state index contributed by atoms with van der Waals surface area (Å²) in [4.78, 5) is 21.9. The second kappa shape index (κ2) is 11.7. The molecule has 2 fully saturated rings. The van der Waals surface area contributed by atoms with E-state index in [1.807, 2.05) is 23.3 Å². The molecule has 0 saturated carbocycles. The van der Waals surface area contributed by atoms with Crippen molar-refractivity contribution >= 4 is 22.8 Å². The van der Waals surface area contributed by atoms with E-state index in [0.717, 1.165) is 49.6 Å². The zero-order valence-corrected chi connectivity index (χ0v) is 25.3. The number of hydrogen-bond donors (Lipinski definition) is 0. The van der Waals surface area contributed by atoms with Gasteiger partial charge in [-0.1, -0.05) is 0 Å². The highest BCUT2D eigenvalue weighted by Gasteiger charge is 2.39. The highest BCUT2D eigenvalue weighted by molar-refractivity contribution is 5.86. The molecule has 0 radical (unpaired) electrons. The zero-order valence-electron chi connectivity index (χ0n) is 25.3. The Bertz CT molecular complexity index is 1810. The molecular weight excluding hydrogens is 630 g/mol. The molecular formula is C30H30F6N10O. The van der Waals surface area contributed by atoms with Gasteiger partial charge < -0.3 is 14.2 Å². The van der Waals surface area contributed by atoms with Crippen LogP contribution in [0, 0.1) is 0 Å². The second-order valence-electron chi connectivity index (χ2n) is 12.0. The highest BCUT2D eigenvalue weighted by atomic mass is 19.4. The average Bonchev–Trinajstić information content (AvgIpc) is 3.80. The van der Waals surface area contributed by atoms with Crippen LogP contribution in [0.1, 0.15) is 55.2 Å². The molecule has 5 aromatic rings. The third-order valence-corrected chi connectivity index (χ3v) is 8.84. The minimum absolute atomic E-state index is 0.0626. The third kappa shape index (κ3) is 5.86. The molecule has 7 heterocycles. The Balaban J connectivity index is 1.24. The van der Waals surface area contributed by atoms with E-state index >= 15 is 0 Å². The number of fused-ring (bicyclic) bond motifs is 3. The van der Waals surface area contributed by atoms with Crippen molar-refractivity contribution in [2.45, 2.75) is 69.8 Å². The number of pyridine rings is 2. The molecule has 0 unspecified atom stereocenters. The molecule has 3 atom stereocenters. The molecule has 2 aliphatic rings. The average molecular weight is 661 g/mol. The maximum absolute atomic E-state index is 13.4. The largest absolute Gasteiger partial charge is 0.417 e. The van der Waals surface area contributed by atoms with E-state index in [1.54, 1.807) is 17.1 Å². The SMILES string of the molecule is C[C@@H]1CN(c2nc3nncn3c3c2ncn3C[C@@H]2CCCO2)[C@@H](C)CN1C(c1ccc(C(F)(F)F)cn1)c1ccc(C(F)(F)F)cn1. The fourth-order valence-electron chi connectivity index (χ4n) is 6.50. The zero-order chi connectivity index (χ0) is 33.1. The van der Waals surface area contributed by atoms with Gasteiger partial charge in [-0.25, -0.2) is 9.38 Å². The molecule has 0 amide bonds. The van der Waals surface area contributed by atoms with Crippen molar-refractivity contribution in [3.8, 4) is 0 Å². The lowest BCUT2D eigenvalue weighted by atomic mass is 9.99. The van der Waals surface area contributed by atoms with Crippen molar-refractivity contribution in [1.29, 1.82) is 0 Å². The molecule has 11 nitrogen and oxygen atoms in total. The Hall–Kier alpha value is -4.38. The van der Waals surface area contributed by atoms with Crippen LogP contribution in [0.5, 0.6) is 0 Å². The van der Waals surface area contributed by atoms with E-state index in [4.69, 9.17) is 14.7 Å². The summed E-state index contributed by atoms with van der Waals surface area (Å²) in [6.45, 7) is 5.99. The minimum Gasteiger partial charge on any atom is -0.376 e. The monoisotopic (exact) mass is 660 g/mol. The van der Waals surface area contributed by atoms with Gasteiger partial charge >= 0.3 is 12.4 Å². The van der Waals surface area contributed by atoms with Gasteiger partial charge in [0.2, 0.25) is 0 Å². The van der Waals surface area contributed by atoms with Crippen LogP contribution in [0.4, 0.5) is 32.2 Å². The van der Waals surface area contributed by atoms with Crippen molar-refractivity contribution in [3.63, 3.8) is 0 Å². The molecule has 2 saturated heterocycles. The fourth-order valence-corrected chi connectivity index (χ4v) is 6.50. The van der Waals surface area contributed by atoms with Crippen molar-refractivity contribution < 1.29 is 31.1 Å². The van der Waals surface area contributed by atoms with E-state index in [2.05, 4.69) is 25.1 Å². The first-order valence-corrected chi connectivity index (χ1v) is 15.1. The number of nitrogens with zero attached hydrogens (tertiary/aromatic N) is 10. The Kier molecular flexibility index (Phi) is 7.77. The van der Waals surface area contributed by atoms with E-state index < -0.39 is 29.5 Å². The van der Waals surface area contributed by atoms with Gasteiger partial charge in [0.05, 0.1) is 47.5 Å². The van der Waals surface area contributed by atoms with Crippen LogP contribution in [0.3, 0.4) is 0 Å². The van der Waals surface area contributed by atoms with Crippen molar-refractivity contribution in [2.75, 3.05) is 24.6 Å². The van der Waals surface area contributed by atoms with Crippen LogP contribution in [-0.2, 0) is 23.6 Å². The smallest absolute Gasteiger partial charge is 0.376 e. The Morgan fingerprint density at radius 2 is 1.55 bits per heavy atom. The van der Waals surface area contributed by atoms with Gasteiger partial charge in [0.1, 0.15) is 11.8 Å². The van der Waals surface area contributed by atoms with Gasteiger partial charge in [0.25, 0.3) is 5.78 Å². The molecule has 248 valence electrons. The molecule has 0 aromatic carbocycles. The summed E-state index contributed by atoms with van der Waals surface area (Å²) in [6, 6.07) is 3.03. The first-order chi connectivity index (χ1) is 22.4. The van der Waals surface area contributed by atoms with Gasteiger partial charge in [-0.05, 0) is 51.0 Å². The van der Waals surface area contributed by atoms with Crippen LogP contribution < -0.4 is 4.90 Å². The highest BCUT2D eigenvalue weighted by Crippen LogP contribution is 2.37. The van der Waals surface area contributed by atoms with Crippen LogP contribution in [0.25, 0.3) is 16.9 Å². The molecule has 0 N–H and O–H groups in total. The van der Waals surface area contributed by atoms with Gasteiger partial charge in [0, 0.05) is 44.2 Å². The predicted octanol–water partition coefficient (Wildman–Crippen LogP) is 5.17. The number of halogens is 6. The van der Waals surface area contributed by atoms with Gasteiger partial charge in [-0.2, -0.15) is 31.3 Å². The quantitative estimate of drug-likeness (QED) is 0.229. The molecule has 47 heavy (non-hydrogen) atoms. The maximum Gasteiger partial charge on any atom is 0.417 e. The van der Waals surface area contributed by atoms with Crippen molar-refractivity contribution in [2.24, 2.45) is 0 Å². The number of piperazine rings is 1. The minimum atomic E-state index is -4.60. The van der Waals surface area contributed by atoms with Crippen molar-refractivity contribution in [1.82, 2.24) is 44.0 Å². The summed E-state index contributed by atoms with van der Waals surface area (Å²) in [5.41, 5.74) is 0.0304. The maximum atomic E-state index is 13.4. The summed E-state index contributed by atoms with van der Waals surface area (Å²) in [5.74, 6) is 0.993. The number of hydrogen-bond acceptors (Lipinski definition) is 9. The van der Waals surface area contributed by atoms with Crippen LogP contribution in [0.15, 0.2) is 49.3 Å². The molecule has 0 bridgehead atoms. The molecule has 7 rings (SSSR count). The Morgan fingerprint density at radius 3 is 2.13 bits per heavy atom. The Morgan fingerprint density at radius 1 is 0.872 bits per heavy atom. The van der Waals surface area contributed by atoms with E-state index in [9.17, 15) is 26.3 Å². The van der Waals surface area contributed by atoms with E-state index in [1.165, 1.54) is 12.1 Å².